The molecule has 0 aromatic heterocycles. The number of nitrogens with zero attached hydrogens (tertiary/aromatic N) is 2. The molecule has 0 aromatic carbocycles. The second-order valence-corrected chi connectivity index (χ2v) is 13.8. The third kappa shape index (κ3) is 8.82. The number of halogens is 1. The first kappa shape index (κ1) is 26.7. The molecule has 14 heteroatoms. The monoisotopic (exact) mass is 491 g/mol. The number of carbonyl (C=O) groups excluding carboxylic acids is 2. The van der Waals surface area contributed by atoms with E-state index in [9.17, 15) is 26.4 Å². The molecule has 2 heterocycles. The van der Waals surface area contributed by atoms with E-state index >= 15 is 0 Å². The zero-order valence-corrected chi connectivity index (χ0v) is 20.3. The fraction of sp³-hybridized carbons (Fsp3) is 0.875. The Kier molecular flexibility index (Phi) is 8.06. The maximum Gasteiger partial charge on any atom is 0.410 e. The van der Waals surface area contributed by atoms with Gasteiger partial charge in [-0.2, -0.15) is 0 Å². The van der Waals surface area contributed by atoms with Crippen molar-refractivity contribution in [1.82, 2.24) is 9.80 Å². The molecule has 2 aliphatic rings. The number of hydrogen-bond donors (Lipinski definition) is 1. The largest absolute Gasteiger partial charge is 0.444 e. The fourth-order valence-electron chi connectivity index (χ4n) is 2.21. The standard InChI is InChI=1S/C8H14ClNO4S.C8H16N2O4S/c2*1-8(2,3)14-7(11)10-4-6(5-10)15(9,12)13/h6H,4-5H2,1-3H3;6H,4-5H2,1-3H3,(H2,9,12,13). The van der Waals surface area contributed by atoms with Crippen molar-refractivity contribution < 1.29 is 35.9 Å². The minimum absolute atomic E-state index is 0.112. The molecule has 2 amide bonds. The molecule has 0 saturated carbocycles. The first-order valence-electron chi connectivity index (χ1n) is 9.10. The predicted molar refractivity (Wildman–Crippen MR) is 111 cm³/mol. The Labute approximate surface area is 182 Å². The van der Waals surface area contributed by atoms with E-state index in [1.807, 2.05) is 0 Å². The lowest BCUT2D eigenvalue weighted by molar-refractivity contribution is 0.0129. The number of sulfonamides is 1. The molecule has 0 aliphatic carbocycles. The smallest absolute Gasteiger partial charge is 0.410 e. The van der Waals surface area contributed by atoms with Gasteiger partial charge >= 0.3 is 12.2 Å². The number of carbonyl (C=O) groups is 2. The average Bonchev–Trinajstić information content (AvgIpc) is 2.25. The molecular weight excluding hydrogens is 462 g/mol. The molecule has 2 aliphatic heterocycles. The normalized spacial score (nSPS) is 18.5. The van der Waals surface area contributed by atoms with Crippen LogP contribution >= 0.6 is 10.7 Å². The van der Waals surface area contributed by atoms with Gasteiger partial charge in [-0.15, -0.1) is 0 Å². The van der Waals surface area contributed by atoms with Crippen molar-refractivity contribution in [2.45, 2.75) is 63.2 Å². The van der Waals surface area contributed by atoms with E-state index in [4.69, 9.17) is 25.3 Å². The van der Waals surface area contributed by atoms with Gasteiger partial charge in [0, 0.05) is 36.9 Å². The lowest BCUT2D eigenvalue weighted by Crippen LogP contribution is -2.59. The van der Waals surface area contributed by atoms with Gasteiger partial charge in [0.1, 0.15) is 21.7 Å². The van der Waals surface area contributed by atoms with Crippen molar-refractivity contribution in [3.05, 3.63) is 0 Å². The summed E-state index contributed by atoms with van der Waals surface area (Å²) < 4.78 is 53.5. The molecule has 0 spiro atoms. The number of likely N-dealkylation sites (tertiary alicyclic amines) is 2. The SMILES string of the molecule is CC(C)(C)OC(=O)N1CC(S(=O)(=O)Cl)C1.CC(C)(C)OC(=O)N1CC(S(N)(=O)=O)C1. The molecule has 0 radical (unpaired) electrons. The van der Waals surface area contributed by atoms with Crippen LogP contribution in [0.5, 0.6) is 0 Å². The van der Waals surface area contributed by atoms with Gasteiger partial charge in [0.2, 0.25) is 19.1 Å². The van der Waals surface area contributed by atoms with Gasteiger partial charge < -0.3 is 19.3 Å². The van der Waals surface area contributed by atoms with Crippen LogP contribution in [0.3, 0.4) is 0 Å². The third-order valence-corrected chi connectivity index (χ3v) is 6.94. The molecule has 2 N–H and O–H groups in total. The second-order valence-electron chi connectivity index (χ2n) is 9.08. The van der Waals surface area contributed by atoms with Gasteiger partial charge in [0.05, 0.1) is 0 Å². The Morgan fingerprint density at radius 3 is 1.33 bits per heavy atom. The highest BCUT2D eigenvalue weighted by Crippen LogP contribution is 2.22. The Hall–Kier alpha value is -1.31. The zero-order valence-electron chi connectivity index (χ0n) is 17.9. The van der Waals surface area contributed by atoms with Crippen LogP contribution in [0.2, 0.25) is 0 Å². The predicted octanol–water partition coefficient (Wildman–Crippen LogP) is 1.07. The first-order chi connectivity index (χ1) is 13.2. The van der Waals surface area contributed by atoms with Crippen molar-refractivity contribution in [3.63, 3.8) is 0 Å². The second kappa shape index (κ2) is 9.05. The molecule has 0 atom stereocenters. The minimum Gasteiger partial charge on any atom is -0.444 e. The molecule has 0 bridgehead atoms. The van der Waals surface area contributed by atoms with Gasteiger partial charge in [0.15, 0.2) is 0 Å². The minimum atomic E-state index is -3.55. The summed E-state index contributed by atoms with van der Waals surface area (Å²) >= 11 is 0. The zero-order chi connectivity index (χ0) is 23.7. The number of ether oxygens (including phenoxy) is 2. The highest BCUT2D eigenvalue weighted by molar-refractivity contribution is 8.14. The van der Waals surface area contributed by atoms with Gasteiger partial charge in [-0.3, -0.25) is 0 Å². The van der Waals surface area contributed by atoms with Crippen LogP contribution < -0.4 is 5.14 Å². The summed E-state index contributed by atoms with van der Waals surface area (Å²) in [5.41, 5.74) is -1.13. The van der Waals surface area contributed by atoms with Crippen molar-refractivity contribution in [2.75, 3.05) is 26.2 Å². The number of amides is 2. The quantitative estimate of drug-likeness (QED) is 0.562. The van der Waals surface area contributed by atoms with Crippen LogP contribution in [0.25, 0.3) is 0 Å². The molecule has 2 fully saturated rings. The number of nitrogens with two attached hydrogens (primary N) is 1. The summed E-state index contributed by atoms with van der Waals surface area (Å²) in [6, 6.07) is 0. The lowest BCUT2D eigenvalue weighted by atomic mass is 10.2. The first-order valence-corrected chi connectivity index (χ1v) is 13.1. The van der Waals surface area contributed by atoms with Crippen molar-refractivity contribution in [1.29, 1.82) is 0 Å². The topological polar surface area (TPSA) is 153 Å². The summed E-state index contributed by atoms with van der Waals surface area (Å²) in [5.74, 6) is 0. The Bertz CT molecular complexity index is 778. The molecule has 11 nitrogen and oxygen atoms in total. The summed E-state index contributed by atoms with van der Waals surface area (Å²) in [7, 11) is -1.95. The summed E-state index contributed by atoms with van der Waals surface area (Å²) in [4.78, 5) is 25.4. The third-order valence-electron chi connectivity index (χ3n) is 3.86. The Balaban J connectivity index is 0.000000300. The maximum atomic E-state index is 11.4. The van der Waals surface area contributed by atoms with Crippen LogP contribution in [-0.4, -0.2) is 86.7 Å². The number of hydrogen-bond acceptors (Lipinski definition) is 8. The number of primary sulfonamides is 1. The molecule has 2 rings (SSSR count). The number of rotatable bonds is 2. The van der Waals surface area contributed by atoms with Crippen molar-refractivity contribution >= 4 is 41.9 Å². The van der Waals surface area contributed by atoms with Crippen LogP contribution in [0.1, 0.15) is 41.5 Å². The van der Waals surface area contributed by atoms with E-state index < -0.39 is 53.0 Å². The lowest BCUT2D eigenvalue weighted by Gasteiger charge is -2.38. The van der Waals surface area contributed by atoms with Gasteiger partial charge in [0.25, 0.3) is 0 Å². The maximum absolute atomic E-state index is 11.4. The van der Waals surface area contributed by atoms with Crippen LogP contribution in [0.15, 0.2) is 0 Å². The molecule has 176 valence electrons. The van der Waals surface area contributed by atoms with Crippen molar-refractivity contribution in [2.24, 2.45) is 5.14 Å². The average molecular weight is 492 g/mol. The van der Waals surface area contributed by atoms with Crippen LogP contribution in [0, 0.1) is 0 Å². The highest BCUT2D eigenvalue weighted by Gasteiger charge is 2.41. The van der Waals surface area contributed by atoms with Gasteiger partial charge in [-0.25, -0.2) is 31.6 Å². The van der Waals surface area contributed by atoms with E-state index in [1.54, 1.807) is 41.5 Å². The highest BCUT2D eigenvalue weighted by atomic mass is 35.7. The van der Waals surface area contributed by atoms with E-state index in [1.165, 1.54) is 9.80 Å². The van der Waals surface area contributed by atoms with E-state index in [0.717, 1.165) is 0 Å². The van der Waals surface area contributed by atoms with Crippen LogP contribution in [-0.2, 0) is 28.5 Å². The van der Waals surface area contributed by atoms with E-state index in [0.29, 0.717) is 0 Å². The van der Waals surface area contributed by atoms with Gasteiger partial charge in [-0.1, -0.05) is 0 Å². The van der Waals surface area contributed by atoms with Crippen LogP contribution in [0.4, 0.5) is 9.59 Å². The molecule has 30 heavy (non-hydrogen) atoms. The van der Waals surface area contributed by atoms with Gasteiger partial charge in [-0.05, 0) is 41.5 Å². The molecule has 0 aromatic rings. The summed E-state index contributed by atoms with van der Waals surface area (Å²) in [6.07, 6.45) is -0.999. The van der Waals surface area contributed by atoms with Crippen molar-refractivity contribution in [3.8, 4) is 0 Å². The summed E-state index contributed by atoms with van der Waals surface area (Å²) in [5, 5.41) is 3.62. The van der Waals surface area contributed by atoms with E-state index in [-0.39, 0.29) is 26.2 Å². The molecule has 0 unspecified atom stereocenters. The molecular formula is C16H30ClN3O8S2. The molecule has 2 saturated heterocycles. The Morgan fingerprint density at radius 1 is 0.800 bits per heavy atom. The summed E-state index contributed by atoms with van der Waals surface area (Å²) in [6.45, 7) is 11.0. The van der Waals surface area contributed by atoms with E-state index in [2.05, 4.69) is 0 Å². The Morgan fingerprint density at radius 2 is 1.10 bits per heavy atom. The fourth-order valence-corrected chi connectivity index (χ4v) is 4.04.